The van der Waals surface area contributed by atoms with Crippen molar-refractivity contribution < 1.29 is 17.9 Å². The van der Waals surface area contributed by atoms with E-state index in [1.165, 1.54) is 0 Å². The van der Waals surface area contributed by atoms with E-state index in [1.807, 2.05) is 0 Å². The van der Waals surface area contributed by atoms with Gasteiger partial charge in [-0.1, -0.05) is 23.2 Å². The normalized spacial score (nSPS) is 11.6. The Morgan fingerprint density at radius 3 is 2.27 bits per heavy atom. The molecule has 0 spiro atoms. The van der Waals surface area contributed by atoms with Gasteiger partial charge in [0.05, 0.1) is 22.2 Å². The van der Waals surface area contributed by atoms with Gasteiger partial charge in [0.15, 0.2) is 0 Å². The largest absolute Gasteiger partial charge is 0.492 e. The summed E-state index contributed by atoms with van der Waals surface area (Å²) in [4.78, 5) is 0. The minimum Gasteiger partial charge on any atom is -0.492 e. The quantitative estimate of drug-likeness (QED) is 0.764. The van der Waals surface area contributed by atoms with Crippen LogP contribution in [-0.4, -0.2) is 6.61 Å². The third-order valence-electron chi connectivity index (χ3n) is 1.63. The maximum atomic E-state index is 12.4. The second-order valence-electron chi connectivity index (χ2n) is 2.69. The average Bonchev–Trinajstić information content (AvgIpc) is 2.09. The lowest BCUT2D eigenvalue weighted by atomic mass is 10.2. The summed E-state index contributed by atoms with van der Waals surface area (Å²) in [5.74, 6) is 0.150. The lowest BCUT2D eigenvalue weighted by molar-refractivity contribution is -0.137. The van der Waals surface area contributed by atoms with Crippen LogP contribution < -0.4 is 4.74 Å². The lowest BCUT2D eigenvalue weighted by Crippen LogP contribution is -2.06. The molecule has 0 bridgehead atoms. The summed E-state index contributed by atoms with van der Waals surface area (Å²) >= 11 is 11.1. The first-order chi connectivity index (χ1) is 6.86. The van der Waals surface area contributed by atoms with E-state index in [0.717, 1.165) is 12.1 Å². The molecule has 1 aromatic rings. The van der Waals surface area contributed by atoms with Crippen LogP contribution in [0.5, 0.6) is 5.75 Å². The van der Waals surface area contributed by atoms with E-state index >= 15 is 0 Å². The monoisotopic (exact) mass is 258 g/mol. The van der Waals surface area contributed by atoms with Gasteiger partial charge < -0.3 is 4.74 Å². The smallest absolute Gasteiger partial charge is 0.417 e. The molecule has 1 rings (SSSR count). The van der Waals surface area contributed by atoms with Crippen LogP contribution in [-0.2, 0) is 6.18 Å². The molecule has 1 aromatic carbocycles. The zero-order valence-electron chi connectivity index (χ0n) is 7.66. The standard InChI is InChI=1S/C9H7Cl2F3O/c1-2-15-8-4-6(10)5(3-7(8)11)9(12,13)14/h3-4H,2H2,1H3. The van der Waals surface area contributed by atoms with Crippen molar-refractivity contribution in [3.63, 3.8) is 0 Å². The predicted molar refractivity (Wildman–Crippen MR) is 52.6 cm³/mol. The molecule has 0 aromatic heterocycles. The van der Waals surface area contributed by atoms with Crippen LogP contribution in [0.3, 0.4) is 0 Å². The van der Waals surface area contributed by atoms with E-state index in [-0.39, 0.29) is 10.8 Å². The Hall–Kier alpha value is -0.610. The fraction of sp³-hybridized carbons (Fsp3) is 0.333. The zero-order chi connectivity index (χ0) is 11.6. The van der Waals surface area contributed by atoms with E-state index in [1.54, 1.807) is 6.92 Å². The summed E-state index contributed by atoms with van der Waals surface area (Å²) in [7, 11) is 0. The summed E-state index contributed by atoms with van der Waals surface area (Å²) in [6.07, 6.45) is -4.51. The molecular weight excluding hydrogens is 252 g/mol. The molecule has 0 fully saturated rings. The van der Waals surface area contributed by atoms with Crippen LogP contribution in [0.1, 0.15) is 12.5 Å². The summed E-state index contributed by atoms with van der Waals surface area (Å²) in [6, 6.07) is 1.82. The first kappa shape index (κ1) is 12.5. The van der Waals surface area contributed by atoms with Gasteiger partial charge in [-0.15, -0.1) is 0 Å². The van der Waals surface area contributed by atoms with Gasteiger partial charge in [-0.3, -0.25) is 0 Å². The molecule has 6 heteroatoms. The number of hydrogen-bond acceptors (Lipinski definition) is 1. The molecule has 1 nitrogen and oxygen atoms in total. The second kappa shape index (κ2) is 4.49. The molecule has 0 N–H and O–H groups in total. The van der Waals surface area contributed by atoms with Crippen molar-refractivity contribution >= 4 is 23.2 Å². The minimum absolute atomic E-state index is 0.103. The van der Waals surface area contributed by atoms with Gasteiger partial charge in [-0.25, -0.2) is 0 Å². The molecule has 0 atom stereocenters. The van der Waals surface area contributed by atoms with E-state index in [0.29, 0.717) is 6.61 Å². The predicted octanol–water partition coefficient (Wildman–Crippen LogP) is 4.41. The Morgan fingerprint density at radius 2 is 1.80 bits per heavy atom. The number of benzene rings is 1. The first-order valence-corrected chi connectivity index (χ1v) is 4.81. The van der Waals surface area contributed by atoms with Crippen LogP contribution in [0.2, 0.25) is 10.0 Å². The molecular formula is C9H7Cl2F3O. The van der Waals surface area contributed by atoms with Crippen molar-refractivity contribution in [1.82, 2.24) is 0 Å². The summed E-state index contributed by atoms with van der Waals surface area (Å²) in [5.41, 5.74) is -0.961. The second-order valence-corrected chi connectivity index (χ2v) is 3.51. The molecule has 0 saturated carbocycles. The molecule has 0 radical (unpaired) electrons. The topological polar surface area (TPSA) is 9.23 Å². The van der Waals surface area contributed by atoms with Crippen molar-refractivity contribution in [2.24, 2.45) is 0 Å². The van der Waals surface area contributed by atoms with Crippen molar-refractivity contribution in [2.75, 3.05) is 6.61 Å². The maximum Gasteiger partial charge on any atom is 0.417 e. The van der Waals surface area contributed by atoms with Gasteiger partial charge in [0.2, 0.25) is 0 Å². The van der Waals surface area contributed by atoms with Crippen molar-refractivity contribution in [2.45, 2.75) is 13.1 Å². The highest BCUT2D eigenvalue weighted by atomic mass is 35.5. The van der Waals surface area contributed by atoms with Crippen molar-refractivity contribution in [3.05, 3.63) is 27.7 Å². The molecule has 0 amide bonds. The number of alkyl halides is 3. The van der Waals surface area contributed by atoms with Gasteiger partial charge in [-0.05, 0) is 13.0 Å². The third-order valence-corrected chi connectivity index (χ3v) is 2.23. The molecule has 0 aliphatic rings. The van der Waals surface area contributed by atoms with Crippen LogP contribution >= 0.6 is 23.2 Å². The third kappa shape index (κ3) is 2.92. The molecule has 0 aliphatic carbocycles. The molecule has 0 heterocycles. The highest BCUT2D eigenvalue weighted by Gasteiger charge is 2.34. The fourth-order valence-electron chi connectivity index (χ4n) is 1.01. The lowest BCUT2D eigenvalue weighted by Gasteiger charge is -2.12. The van der Waals surface area contributed by atoms with Gasteiger partial charge in [0.1, 0.15) is 5.75 Å². The van der Waals surface area contributed by atoms with Crippen LogP contribution in [0.25, 0.3) is 0 Å². The Kier molecular flexibility index (Phi) is 3.73. The highest BCUT2D eigenvalue weighted by molar-refractivity contribution is 6.34. The van der Waals surface area contributed by atoms with Crippen molar-refractivity contribution in [1.29, 1.82) is 0 Å². The average molecular weight is 259 g/mol. The number of rotatable bonds is 2. The van der Waals surface area contributed by atoms with Crippen LogP contribution in [0, 0.1) is 0 Å². The molecule has 84 valence electrons. The van der Waals surface area contributed by atoms with Gasteiger partial charge in [0, 0.05) is 6.07 Å². The Morgan fingerprint density at radius 1 is 1.20 bits per heavy atom. The molecule has 0 saturated heterocycles. The van der Waals surface area contributed by atoms with Crippen LogP contribution in [0.15, 0.2) is 12.1 Å². The van der Waals surface area contributed by atoms with E-state index < -0.39 is 16.8 Å². The first-order valence-electron chi connectivity index (χ1n) is 4.05. The summed E-state index contributed by atoms with van der Waals surface area (Å²) < 4.78 is 42.1. The SMILES string of the molecule is CCOc1cc(Cl)c(C(F)(F)F)cc1Cl. The maximum absolute atomic E-state index is 12.4. The Balaban J connectivity index is 3.20. The molecule has 0 aliphatic heterocycles. The summed E-state index contributed by atoms with van der Waals surface area (Å²) in [6.45, 7) is 2.00. The van der Waals surface area contributed by atoms with Crippen LogP contribution in [0.4, 0.5) is 13.2 Å². The van der Waals surface area contributed by atoms with E-state index in [4.69, 9.17) is 27.9 Å². The molecule has 15 heavy (non-hydrogen) atoms. The van der Waals surface area contributed by atoms with E-state index in [2.05, 4.69) is 0 Å². The van der Waals surface area contributed by atoms with Gasteiger partial charge in [-0.2, -0.15) is 13.2 Å². The van der Waals surface area contributed by atoms with Gasteiger partial charge in [0.25, 0.3) is 0 Å². The molecule has 0 unspecified atom stereocenters. The Labute approximate surface area is 94.7 Å². The van der Waals surface area contributed by atoms with Gasteiger partial charge >= 0.3 is 6.18 Å². The Bertz CT molecular complexity index is 363. The zero-order valence-corrected chi connectivity index (χ0v) is 9.17. The highest BCUT2D eigenvalue weighted by Crippen LogP contribution is 2.39. The number of hydrogen-bond donors (Lipinski definition) is 0. The van der Waals surface area contributed by atoms with Crippen molar-refractivity contribution in [3.8, 4) is 5.75 Å². The number of ether oxygens (including phenoxy) is 1. The van der Waals surface area contributed by atoms with E-state index in [9.17, 15) is 13.2 Å². The fourth-order valence-corrected chi connectivity index (χ4v) is 1.49. The minimum atomic E-state index is -4.51. The number of halogens is 5. The summed E-state index contributed by atoms with van der Waals surface area (Å²) in [5, 5.41) is -0.524.